The lowest BCUT2D eigenvalue weighted by Crippen LogP contribution is -2.43. The van der Waals surface area contributed by atoms with Crippen LogP contribution in [0.3, 0.4) is 0 Å². The molecule has 1 N–H and O–H groups in total. The minimum absolute atomic E-state index is 0.0325. The second-order valence-corrected chi connectivity index (χ2v) is 12.2. The van der Waals surface area contributed by atoms with E-state index >= 15 is 0 Å². The normalized spacial score (nSPS) is 18.5. The first-order valence-corrected chi connectivity index (χ1v) is 14.6. The van der Waals surface area contributed by atoms with E-state index in [4.69, 9.17) is 9.47 Å². The van der Waals surface area contributed by atoms with Crippen molar-refractivity contribution in [2.24, 2.45) is 0 Å². The number of carbonyl (C=O) groups excluding carboxylic acids is 2. The molecule has 0 saturated carbocycles. The Bertz CT molecular complexity index is 1320. The molecule has 0 spiro atoms. The van der Waals surface area contributed by atoms with Crippen LogP contribution < -0.4 is 10.1 Å². The summed E-state index contributed by atoms with van der Waals surface area (Å²) >= 11 is 0. The monoisotopic (exact) mass is 553 g/mol. The number of benzene rings is 2. The van der Waals surface area contributed by atoms with E-state index < -0.39 is 44.1 Å². The number of hydrogen-bond acceptors (Lipinski definition) is 8. The molecule has 1 heterocycles. The van der Waals surface area contributed by atoms with Gasteiger partial charge in [-0.3, -0.25) is 9.59 Å². The minimum atomic E-state index is -4.12. The molecule has 37 heavy (non-hydrogen) atoms. The Morgan fingerprint density at radius 2 is 1.54 bits per heavy atom. The third-order valence-corrected chi connectivity index (χ3v) is 9.94. The summed E-state index contributed by atoms with van der Waals surface area (Å²) in [4.78, 5) is 24.8. The number of esters is 1. The van der Waals surface area contributed by atoms with Crippen LogP contribution in [0, 0.1) is 0 Å². The molecule has 13 heteroatoms. The van der Waals surface area contributed by atoms with Crippen LogP contribution in [0.1, 0.15) is 27.2 Å². The van der Waals surface area contributed by atoms with Gasteiger partial charge in [0.15, 0.2) is 0 Å². The van der Waals surface area contributed by atoms with E-state index in [2.05, 4.69) is 5.32 Å². The molecule has 0 radical (unpaired) electrons. The highest BCUT2D eigenvalue weighted by atomic mass is 32.2. The molecule has 0 bridgehead atoms. The van der Waals surface area contributed by atoms with Gasteiger partial charge in [-0.2, -0.15) is 8.61 Å². The van der Waals surface area contributed by atoms with Gasteiger partial charge < -0.3 is 14.8 Å². The number of nitrogens with zero attached hydrogens (tertiary/aromatic N) is 2. The number of carbonyl (C=O) groups is 2. The number of ether oxygens (including phenoxy) is 2. The fourth-order valence-corrected chi connectivity index (χ4v) is 7.21. The van der Waals surface area contributed by atoms with Crippen LogP contribution in [-0.4, -0.2) is 76.2 Å². The smallest absolute Gasteiger partial charge is 0.302 e. The van der Waals surface area contributed by atoms with Crippen LogP contribution >= 0.6 is 0 Å². The maximum atomic E-state index is 13.4. The Morgan fingerprint density at radius 3 is 2.05 bits per heavy atom. The summed E-state index contributed by atoms with van der Waals surface area (Å²) in [5, 5.41) is 2.65. The predicted molar refractivity (Wildman–Crippen MR) is 136 cm³/mol. The van der Waals surface area contributed by atoms with E-state index in [1.54, 1.807) is 13.8 Å². The second kappa shape index (κ2) is 11.6. The third-order valence-electron chi connectivity index (χ3n) is 5.98. The largest absolute Gasteiger partial charge is 0.497 e. The summed E-state index contributed by atoms with van der Waals surface area (Å²) in [6.45, 7) is 5.15. The van der Waals surface area contributed by atoms with Gasteiger partial charge in [0.05, 0.1) is 23.4 Å². The molecule has 0 aliphatic carbocycles. The highest BCUT2D eigenvalue weighted by molar-refractivity contribution is 7.89. The molecule has 2 aromatic rings. The van der Waals surface area contributed by atoms with Gasteiger partial charge in [0.25, 0.3) is 0 Å². The van der Waals surface area contributed by atoms with Crippen molar-refractivity contribution in [1.29, 1.82) is 0 Å². The molecule has 3 rings (SSSR count). The summed E-state index contributed by atoms with van der Waals surface area (Å²) in [6.07, 6.45) is -0.835. The van der Waals surface area contributed by atoms with Crippen LogP contribution in [0.4, 0.5) is 5.69 Å². The Balaban J connectivity index is 1.85. The molecular weight excluding hydrogens is 522 g/mol. The molecule has 1 saturated heterocycles. The molecule has 11 nitrogen and oxygen atoms in total. The summed E-state index contributed by atoms with van der Waals surface area (Å²) in [5.74, 6) is -0.747. The summed E-state index contributed by atoms with van der Waals surface area (Å²) < 4.78 is 64.8. The molecule has 1 aliphatic heterocycles. The first-order valence-electron chi connectivity index (χ1n) is 11.7. The molecule has 0 unspecified atom stereocenters. The lowest BCUT2D eigenvalue weighted by atomic mass is 10.2. The van der Waals surface area contributed by atoms with Gasteiger partial charge in [0.1, 0.15) is 17.9 Å². The van der Waals surface area contributed by atoms with E-state index in [0.717, 1.165) is 4.31 Å². The van der Waals surface area contributed by atoms with Gasteiger partial charge in [-0.15, -0.1) is 0 Å². The first-order chi connectivity index (χ1) is 17.4. The molecule has 1 fully saturated rings. The van der Waals surface area contributed by atoms with Crippen molar-refractivity contribution in [3.8, 4) is 5.75 Å². The Kier molecular flexibility index (Phi) is 8.95. The zero-order valence-corrected chi connectivity index (χ0v) is 22.7. The molecule has 0 aromatic heterocycles. The highest BCUT2D eigenvalue weighted by Crippen LogP contribution is 2.30. The maximum Gasteiger partial charge on any atom is 0.302 e. The molecular formula is C24H31N3O8S2. The van der Waals surface area contributed by atoms with Crippen molar-refractivity contribution >= 4 is 37.6 Å². The molecule has 1 aliphatic rings. The van der Waals surface area contributed by atoms with Gasteiger partial charge in [-0.1, -0.05) is 13.8 Å². The van der Waals surface area contributed by atoms with E-state index in [9.17, 15) is 26.4 Å². The minimum Gasteiger partial charge on any atom is -0.497 e. The number of nitrogens with one attached hydrogen (secondary N) is 1. The second-order valence-electron chi connectivity index (χ2n) is 8.34. The predicted octanol–water partition coefficient (Wildman–Crippen LogP) is 2.06. The SMILES string of the molecule is CCN(CC)S(=O)(=O)c1ccc(NC(=O)[C@@H]2C[C@H](OC(C)=O)CN2S(=O)(=O)c2ccc(OC)cc2)cc1. The van der Waals surface area contributed by atoms with Crippen molar-refractivity contribution in [2.75, 3.05) is 32.1 Å². The molecule has 2 aromatic carbocycles. The Morgan fingerprint density at radius 1 is 0.973 bits per heavy atom. The standard InChI is InChI=1S/C24H31N3O8S2/c1-5-26(6-2)36(30,31)21-11-7-18(8-12-21)25-24(29)23-15-20(35-17(3)28)16-27(23)37(32,33)22-13-9-19(34-4)10-14-22/h7-14,20,23H,5-6,15-16H2,1-4H3,(H,25,29)/t20-,23-/m0/s1. The quantitative estimate of drug-likeness (QED) is 0.441. The first kappa shape index (κ1) is 28.6. The fraction of sp³-hybridized carbons (Fsp3) is 0.417. The zero-order valence-electron chi connectivity index (χ0n) is 21.1. The number of rotatable bonds is 10. The lowest BCUT2D eigenvalue weighted by molar-refractivity contribution is -0.145. The number of anilines is 1. The molecule has 1 amide bonds. The van der Waals surface area contributed by atoms with E-state index in [1.165, 1.54) is 66.9 Å². The van der Waals surface area contributed by atoms with Crippen molar-refractivity contribution in [2.45, 2.75) is 49.1 Å². The topological polar surface area (TPSA) is 139 Å². The van der Waals surface area contributed by atoms with Crippen LogP contribution in [0.25, 0.3) is 0 Å². The zero-order chi connectivity index (χ0) is 27.4. The van der Waals surface area contributed by atoms with Crippen molar-refractivity contribution in [3.05, 3.63) is 48.5 Å². The molecule has 202 valence electrons. The number of sulfonamides is 2. The van der Waals surface area contributed by atoms with Crippen LogP contribution in [0.2, 0.25) is 0 Å². The Labute approximate surface area is 217 Å². The summed E-state index contributed by atoms with van der Waals surface area (Å²) in [5.41, 5.74) is 0.293. The van der Waals surface area contributed by atoms with Crippen molar-refractivity contribution in [1.82, 2.24) is 8.61 Å². The maximum absolute atomic E-state index is 13.4. The average Bonchev–Trinajstić information content (AvgIpc) is 3.29. The van der Waals surface area contributed by atoms with Gasteiger partial charge in [0, 0.05) is 32.1 Å². The Hall–Kier alpha value is -3.00. The van der Waals surface area contributed by atoms with Crippen LogP contribution in [0.5, 0.6) is 5.75 Å². The third kappa shape index (κ3) is 6.29. The van der Waals surface area contributed by atoms with Gasteiger partial charge in [0.2, 0.25) is 26.0 Å². The van der Waals surface area contributed by atoms with E-state index in [1.807, 2.05) is 0 Å². The average molecular weight is 554 g/mol. The van der Waals surface area contributed by atoms with Crippen molar-refractivity contribution in [3.63, 3.8) is 0 Å². The van der Waals surface area contributed by atoms with E-state index in [0.29, 0.717) is 24.5 Å². The van der Waals surface area contributed by atoms with Gasteiger partial charge in [-0.05, 0) is 48.5 Å². The number of amides is 1. The van der Waals surface area contributed by atoms with E-state index in [-0.39, 0.29) is 22.8 Å². The number of hydrogen-bond donors (Lipinski definition) is 1. The number of methoxy groups -OCH3 is 1. The molecule has 2 atom stereocenters. The van der Waals surface area contributed by atoms with Crippen molar-refractivity contribution < 1.29 is 35.9 Å². The summed E-state index contributed by atoms with van der Waals surface area (Å²) in [6, 6.07) is 10.2. The summed E-state index contributed by atoms with van der Waals surface area (Å²) in [7, 11) is -6.33. The van der Waals surface area contributed by atoms with Crippen LogP contribution in [0.15, 0.2) is 58.3 Å². The van der Waals surface area contributed by atoms with Gasteiger partial charge >= 0.3 is 5.97 Å². The van der Waals surface area contributed by atoms with Gasteiger partial charge in [-0.25, -0.2) is 16.8 Å². The highest BCUT2D eigenvalue weighted by Gasteiger charge is 2.45. The lowest BCUT2D eigenvalue weighted by Gasteiger charge is -2.23. The fourth-order valence-electron chi connectivity index (χ4n) is 4.12. The van der Waals surface area contributed by atoms with Crippen LogP contribution in [-0.2, 0) is 34.4 Å².